The first kappa shape index (κ1) is 17.5. The van der Waals surface area contributed by atoms with E-state index in [0.717, 1.165) is 6.07 Å². The Hall–Kier alpha value is -1.87. The monoisotopic (exact) mass is 363 g/mol. The van der Waals surface area contributed by atoms with Crippen molar-refractivity contribution in [1.82, 2.24) is 10.6 Å². The first-order valence-corrected chi connectivity index (χ1v) is 8.95. The molecule has 0 aromatic heterocycles. The molecule has 1 aromatic carbocycles. The van der Waals surface area contributed by atoms with Crippen molar-refractivity contribution in [3.63, 3.8) is 0 Å². The van der Waals surface area contributed by atoms with Crippen LogP contribution in [0.5, 0.6) is 0 Å². The third kappa shape index (κ3) is 5.36. The van der Waals surface area contributed by atoms with E-state index in [9.17, 15) is 22.4 Å². The van der Waals surface area contributed by atoms with Gasteiger partial charge in [-0.25, -0.2) is 17.6 Å². The molecule has 1 unspecified atom stereocenters. The van der Waals surface area contributed by atoms with Crippen LogP contribution in [-0.2, 0) is 14.6 Å². The van der Waals surface area contributed by atoms with E-state index in [2.05, 4.69) is 16.0 Å². The molecule has 0 spiro atoms. The van der Waals surface area contributed by atoms with Gasteiger partial charge in [-0.05, 0) is 24.6 Å². The van der Waals surface area contributed by atoms with Gasteiger partial charge in [-0.2, -0.15) is 0 Å². The third-order valence-electron chi connectivity index (χ3n) is 3.18. The van der Waals surface area contributed by atoms with E-state index in [0.29, 0.717) is 12.1 Å². The quantitative estimate of drug-likeness (QED) is 0.739. The number of hydrogen-bond acceptors (Lipinski definition) is 4. The van der Waals surface area contributed by atoms with Gasteiger partial charge in [0.25, 0.3) is 0 Å². The van der Waals surface area contributed by atoms with Gasteiger partial charge < -0.3 is 16.0 Å². The van der Waals surface area contributed by atoms with Crippen LogP contribution in [0.1, 0.15) is 6.42 Å². The number of sulfone groups is 1. The number of benzene rings is 1. The normalized spacial score (nSPS) is 19.1. The van der Waals surface area contributed by atoms with Crippen LogP contribution in [0.2, 0.25) is 5.02 Å². The number of halogens is 2. The van der Waals surface area contributed by atoms with Crippen LogP contribution in [0, 0.1) is 5.82 Å². The zero-order valence-corrected chi connectivity index (χ0v) is 13.5. The number of anilines is 1. The molecule has 3 N–H and O–H groups in total. The van der Waals surface area contributed by atoms with E-state index in [1.54, 1.807) is 0 Å². The van der Waals surface area contributed by atoms with Crippen LogP contribution in [0.25, 0.3) is 0 Å². The molecule has 3 amide bonds. The first-order chi connectivity index (χ1) is 10.7. The summed E-state index contributed by atoms with van der Waals surface area (Å²) in [6.07, 6.45) is 0.357. The first-order valence-electron chi connectivity index (χ1n) is 6.75. The van der Waals surface area contributed by atoms with Gasteiger partial charge in [-0.1, -0.05) is 11.6 Å². The summed E-state index contributed by atoms with van der Waals surface area (Å²) in [5, 5.41) is 7.12. The van der Waals surface area contributed by atoms with Crippen LogP contribution in [0.4, 0.5) is 14.9 Å². The number of hydrogen-bond donors (Lipinski definition) is 3. The molecule has 126 valence electrons. The summed E-state index contributed by atoms with van der Waals surface area (Å²) in [5.74, 6) is -1.18. The molecule has 1 atom stereocenters. The molecule has 1 heterocycles. The SMILES string of the molecule is O=C(CNC(=O)NC1CCS(=O)(=O)C1)Nc1ccc(F)c(Cl)c1. The van der Waals surface area contributed by atoms with E-state index < -0.39 is 33.6 Å². The van der Waals surface area contributed by atoms with Crippen molar-refractivity contribution in [3.05, 3.63) is 29.0 Å². The topological polar surface area (TPSA) is 104 Å². The summed E-state index contributed by atoms with van der Waals surface area (Å²) in [4.78, 5) is 23.3. The Balaban J connectivity index is 1.75. The molecule has 23 heavy (non-hydrogen) atoms. The van der Waals surface area contributed by atoms with Crippen LogP contribution >= 0.6 is 11.6 Å². The molecule has 0 radical (unpaired) electrons. The number of amides is 3. The maximum absolute atomic E-state index is 13.0. The zero-order chi connectivity index (χ0) is 17.0. The number of urea groups is 1. The van der Waals surface area contributed by atoms with Gasteiger partial charge in [0, 0.05) is 11.7 Å². The Kier molecular flexibility index (Phi) is 5.42. The average molecular weight is 364 g/mol. The molecule has 1 saturated heterocycles. The average Bonchev–Trinajstić information content (AvgIpc) is 2.80. The van der Waals surface area contributed by atoms with E-state index in [1.807, 2.05) is 0 Å². The standard InChI is InChI=1S/C13H15ClFN3O4S/c14-10-5-8(1-2-11(10)15)17-12(19)6-16-13(20)18-9-3-4-23(21,22)7-9/h1-2,5,9H,3-4,6-7H2,(H,17,19)(H2,16,18,20). The largest absolute Gasteiger partial charge is 0.334 e. The lowest BCUT2D eigenvalue weighted by Crippen LogP contribution is -2.45. The summed E-state index contributed by atoms with van der Waals surface area (Å²) in [5.41, 5.74) is 0.297. The van der Waals surface area contributed by atoms with E-state index in [1.165, 1.54) is 12.1 Å². The van der Waals surface area contributed by atoms with E-state index in [4.69, 9.17) is 11.6 Å². The highest BCUT2D eigenvalue weighted by Crippen LogP contribution is 2.19. The molecule has 1 aliphatic rings. The molecule has 1 aromatic rings. The van der Waals surface area contributed by atoms with Gasteiger partial charge in [0.1, 0.15) is 5.82 Å². The van der Waals surface area contributed by atoms with Crippen molar-refractivity contribution in [2.24, 2.45) is 0 Å². The van der Waals surface area contributed by atoms with E-state index in [-0.39, 0.29) is 23.1 Å². The second-order valence-corrected chi connectivity index (χ2v) is 7.74. The Bertz CT molecular complexity index is 726. The summed E-state index contributed by atoms with van der Waals surface area (Å²) in [6, 6.07) is 2.62. The molecule has 1 aliphatic heterocycles. The molecular formula is C13H15ClFN3O4S. The van der Waals surface area contributed by atoms with Gasteiger partial charge in [0.2, 0.25) is 5.91 Å². The van der Waals surface area contributed by atoms with Crippen LogP contribution in [-0.4, -0.2) is 44.4 Å². The van der Waals surface area contributed by atoms with Crippen molar-refractivity contribution < 1.29 is 22.4 Å². The summed E-state index contributed by atoms with van der Waals surface area (Å²) in [6.45, 7) is -0.319. The van der Waals surface area contributed by atoms with Gasteiger partial charge >= 0.3 is 6.03 Å². The number of carbonyl (C=O) groups excluding carboxylic acids is 2. The highest BCUT2D eigenvalue weighted by atomic mass is 35.5. The predicted molar refractivity (Wildman–Crippen MR) is 83.6 cm³/mol. The Morgan fingerprint density at radius 3 is 2.70 bits per heavy atom. The van der Waals surface area contributed by atoms with Crippen LogP contribution in [0.15, 0.2) is 18.2 Å². The number of nitrogens with one attached hydrogen (secondary N) is 3. The van der Waals surface area contributed by atoms with Gasteiger partial charge in [-0.15, -0.1) is 0 Å². The molecule has 2 rings (SSSR count). The molecule has 0 bridgehead atoms. The minimum absolute atomic E-state index is 0.0454. The minimum Gasteiger partial charge on any atom is -0.334 e. The smallest absolute Gasteiger partial charge is 0.315 e. The van der Waals surface area contributed by atoms with Crippen molar-refractivity contribution in [2.45, 2.75) is 12.5 Å². The fraction of sp³-hybridized carbons (Fsp3) is 0.385. The lowest BCUT2D eigenvalue weighted by atomic mass is 10.3. The number of carbonyl (C=O) groups is 2. The fourth-order valence-electron chi connectivity index (χ4n) is 2.08. The maximum Gasteiger partial charge on any atom is 0.315 e. The zero-order valence-electron chi connectivity index (χ0n) is 11.9. The van der Waals surface area contributed by atoms with Crippen LogP contribution in [0.3, 0.4) is 0 Å². The van der Waals surface area contributed by atoms with Crippen molar-refractivity contribution in [1.29, 1.82) is 0 Å². The number of rotatable bonds is 4. The predicted octanol–water partition coefficient (Wildman–Crippen LogP) is 0.904. The van der Waals surface area contributed by atoms with Gasteiger partial charge in [0.15, 0.2) is 9.84 Å². The third-order valence-corrected chi connectivity index (χ3v) is 5.24. The molecule has 1 fully saturated rings. The Morgan fingerprint density at radius 1 is 1.35 bits per heavy atom. The minimum atomic E-state index is -3.09. The lowest BCUT2D eigenvalue weighted by Gasteiger charge is -2.12. The fourth-order valence-corrected chi connectivity index (χ4v) is 3.94. The Morgan fingerprint density at radius 2 is 2.09 bits per heavy atom. The second kappa shape index (κ2) is 7.14. The Labute approximate surface area is 137 Å². The molecule has 0 aliphatic carbocycles. The van der Waals surface area contributed by atoms with Crippen molar-refractivity contribution >= 4 is 39.1 Å². The summed E-state index contributed by atoms with van der Waals surface area (Å²) >= 11 is 5.59. The van der Waals surface area contributed by atoms with Gasteiger partial charge in [0.05, 0.1) is 23.1 Å². The highest BCUT2D eigenvalue weighted by molar-refractivity contribution is 7.91. The molecule has 0 saturated carbocycles. The van der Waals surface area contributed by atoms with E-state index >= 15 is 0 Å². The van der Waals surface area contributed by atoms with Crippen molar-refractivity contribution in [3.8, 4) is 0 Å². The molecule has 7 nitrogen and oxygen atoms in total. The lowest BCUT2D eigenvalue weighted by molar-refractivity contribution is -0.115. The highest BCUT2D eigenvalue weighted by Gasteiger charge is 2.28. The summed E-state index contributed by atoms with van der Waals surface area (Å²) < 4.78 is 35.5. The van der Waals surface area contributed by atoms with Crippen molar-refractivity contribution in [2.75, 3.05) is 23.4 Å². The molecular weight excluding hydrogens is 349 g/mol. The van der Waals surface area contributed by atoms with Crippen LogP contribution < -0.4 is 16.0 Å². The maximum atomic E-state index is 13.0. The van der Waals surface area contributed by atoms with Gasteiger partial charge in [-0.3, -0.25) is 4.79 Å². The second-order valence-electron chi connectivity index (χ2n) is 5.10. The summed E-state index contributed by atoms with van der Waals surface area (Å²) in [7, 11) is -3.09. The molecule has 10 heteroatoms.